The van der Waals surface area contributed by atoms with Crippen LogP contribution < -0.4 is 0 Å². The summed E-state index contributed by atoms with van der Waals surface area (Å²) in [5.41, 5.74) is 2.38. The Morgan fingerprint density at radius 3 is 2.50 bits per heavy atom. The van der Waals surface area contributed by atoms with Gasteiger partial charge in [-0.2, -0.15) is 0 Å². The van der Waals surface area contributed by atoms with Gasteiger partial charge in [0.1, 0.15) is 5.50 Å². The fourth-order valence-corrected chi connectivity index (χ4v) is 1.25. The maximum atomic E-state index is 6.14. The van der Waals surface area contributed by atoms with Crippen LogP contribution >= 0.6 is 11.6 Å². The number of alkyl halides is 1. The molecule has 0 aliphatic carbocycles. The minimum atomic E-state index is -0.0232. The third-order valence-electron chi connectivity index (χ3n) is 1.77. The SMILES string of the molecule is Cc1cccc(C(Cl)N(C)C)c1. The number of hydrogen-bond acceptors (Lipinski definition) is 1. The quantitative estimate of drug-likeness (QED) is 0.504. The van der Waals surface area contributed by atoms with Crippen LogP contribution in [-0.2, 0) is 0 Å². The van der Waals surface area contributed by atoms with E-state index >= 15 is 0 Å². The molecule has 1 unspecified atom stereocenters. The van der Waals surface area contributed by atoms with Crippen LogP contribution in [0.15, 0.2) is 24.3 Å². The molecule has 0 saturated carbocycles. The summed E-state index contributed by atoms with van der Waals surface area (Å²) >= 11 is 6.14. The topological polar surface area (TPSA) is 3.24 Å². The molecule has 1 atom stereocenters. The lowest BCUT2D eigenvalue weighted by molar-refractivity contribution is 0.384. The minimum absolute atomic E-state index is 0.0232. The van der Waals surface area contributed by atoms with Crippen LogP contribution in [0, 0.1) is 6.92 Å². The van der Waals surface area contributed by atoms with Gasteiger partial charge in [-0.05, 0) is 26.6 Å². The Hall–Kier alpha value is -0.530. The predicted octanol–water partition coefficient (Wildman–Crippen LogP) is 2.79. The van der Waals surface area contributed by atoms with Gasteiger partial charge in [0, 0.05) is 0 Å². The lowest BCUT2D eigenvalue weighted by Gasteiger charge is -2.17. The summed E-state index contributed by atoms with van der Waals surface area (Å²) in [7, 11) is 3.94. The molecular formula is C10H14ClN. The normalized spacial score (nSPS) is 13.4. The second-order valence-electron chi connectivity index (χ2n) is 3.21. The van der Waals surface area contributed by atoms with E-state index in [1.807, 2.05) is 31.1 Å². The van der Waals surface area contributed by atoms with Gasteiger partial charge >= 0.3 is 0 Å². The van der Waals surface area contributed by atoms with E-state index in [1.54, 1.807) is 0 Å². The van der Waals surface area contributed by atoms with Crippen LogP contribution in [-0.4, -0.2) is 19.0 Å². The number of aryl methyl sites for hydroxylation is 1. The van der Waals surface area contributed by atoms with Gasteiger partial charge in [0.15, 0.2) is 0 Å². The molecule has 66 valence electrons. The van der Waals surface area contributed by atoms with Crippen molar-refractivity contribution in [3.8, 4) is 0 Å². The molecule has 1 rings (SSSR count). The van der Waals surface area contributed by atoms with E-state index in [0.717, 1.165) is 5.56 Å². The Labute approximate surface area is 79.0 Å². The van der Waals surface area contributed by atoms with Gasteiger partial charge in [-0.15, -0.1) is 11.6 Å². The van der Waals surface area contributed by atoms with Crippen molar-refractivity contribution in [2.75, 3.05) is 14.1 Å². The van der Waals surface area contributed by atoms with Crippen molar-refractivity contribution in [3.63, 3.8) is 0 Å². The van der Waals surface area contributed by atoms with E-state index in [2.05, 4.69) is 19.1 Å². The summed E-state index contributed by atoms with van der Waals surface area (Å²) in [6.07, 6.45) is 0. The van der Waals surface area contributed by atoms with Gasteiger partial charge in [-0.25, -0.2) is 0 Å². The van der Waals surface area contributed by atoms with E-state index in [1.165, 1.54) is 5.56 Å². The first kappa shape index (κ1) is 9.56. The molecule has 1 aromatic carbocycles. The van der Waals surface area contributed by atoms with Crippen molar-refractivity contribution in [3.05, 3.63) is 35.4 Å². The highest BCUT2D eigenvalue weighted by atomic mass is 35.5. The average Bonchev–Trinajstić information content (AvgIpc) is 2.03. The summed E-state index contributed by atoms with van der Waals surface area (Å²) < 4.78 is 0. The fraction of sp³-hybridized carbons (Fsp3) is 0.400. The molecule has 0 bridgehead atoms. The lowest BCUT2D eigenvalue weighted by Crippen LogP contribution is -2.14. The number of rotatable bonds is 2. The summed E-state index contributed by atoms with van der Waals surface area (Å²) in [6.45, 7) is 2.07. The van der Waals surface area contributed by atoms with Gasteiger partial charge in [-0.1, -0.05) is 29.8 Å². The molecule has 12 heavy (non-hydrogen) atoms. The maximum absolute atomic E-state index is 6.14. The summed E-state index contributed by atoms with van der Waals surface area (Å²) in [4.78, 5) is 1.98. The summed E-state index contributed by atoms with van der Waals surface area (Å²) in [5.74, 6) is 0. The van der Waals surface area contributed by atoms with Gasteiger partial charge in [0.2, 0.25) is 0 Å². The first-order valence-corrected chi connectivity index (χ1v) is 4.42. The van der Waals surface area contributed by atoms with Crippen LogP contribution in [0.2, 0.25) is 0 Å². The van der Waals surface area contributed by atoms with Crippen molar-refractivity contribution in [2.45, 2.75) is 12.4 Å². The minimum Gasteiger partial charge on any atom is -0.290 e. The second kappa shape index (κ2) is 3.92. The third kappa shape index (κ3) is 2.23. The van der Waals surface area contributed by atoms with Crippen molar-refractivity contribution in [1.29, 1.82) is 0 Å². The number of hydrogen-bond donors (Lipinski definition) is 0. The monoisotopic (exact) mass is 183 g/mol. The molecular weight excluding hydrogens is 170 g/mol. The van der Waals surface area contributed by atoms with Crippen molar-refractivity contribution >= 4 is 11.6 Å². The molecule has 1 nitrogen and oxygen atoms in total. The Morgan fingerprint density at radius 2 is 2.00 bits per heavy atom. The molecule has 0 spiro atoms. The van der Waals surface area contributed by atoms with E-state index in [-0.39, 0.29) is 5.50 Å². The number of benzene rings is 1. The van der Waals surface area contributed by atoms with Gasteiger partial charge in [-0.3, -0.25) is 4.90 Å². The van der Waals surface area contributed by atoms with Crippen LogP contribution in [0.25, 0.3) is 0 Å². The van der Waals surface area contributed by atoms with Crippen LogP contribution in [0.4, 0.5) is 0 Å². The number of halogens is 1. The van der Waals surface area contributed by atoms with Crippen molar-refractivity contribution in [1.82, 2.24) is 4.90 Å². The lowest BCUT2D eigenvalue weighted by atomic mass is 10.1. The standard InChI is InChI=1S/C10H14ClN/c1-8-5-4-6-9(7-8)10(11)12(2)3/h4-7,10H,1-3H3. The molecule has 0 radical (unpaired) electrons. The smallest absolute Gasteiger partial charge is 0.110 e. The second-order valence-corrected chi connectivity index (χ2v) is 3.63. The van der Waals surface area contributed by atoms with E-state index in [4.69, 9.17) is 11.6 Å². The Kier molecular flexibility index (Phi) is 3.12. The van der Waals surface area contributed by atoms with Crippen LogP contribution in [0.1, 0.15) is 16.6 Å². The van der Waals surface area contributed by atoms with Crippen molar-refractivity contribution < 1.29 is 0 Å². The largest absolute Gasteiger partial charge is 0.290 e. The Morgan fingerprint density at radius 1 is 1.33 bits per heavy atom. The molecule has 2 heteroatoms. The molecule has 0 saturated heterocycles. The zero-order chi connectivity index (χ0) is 9.14. The molecule has 0 N–H and O–H groups in total. The van der Waals surface area contributed by atoms with Crippen molar-refractivity contribution in [2.24, 2.45) is 0 Å². The highest BCUT2D eigenvalue weighted by molar-refractivity contribution is 6.20. The van der Waals surface area contributed by atoms with Gasteiger partial charge in [0.25, 0.3) is 0 Å². The molecule has 0 fully saturated rings. The van der Waals surface area contributed by atoms with Crippen LogP contribution in [0.3, 0.4) is 0 Å². The number of nitrogens with zero attached hydrogens (tertiary/aromatic N) is 1. The van der Waals surface area contributed by atoms with Gasteiger partial charge < -0.3 is 0 Å². The Bertz CT molecular complexity index is 258. The van der Waals surface area contributed by atoms with E-state index < -0.39 is 0 Å². The molecule has 0 aromatic heterocycles. The van der Waals surface area contributed by atoms with Crippen LogP contribution in [0.5, 0.6) is 0 Å². The molecule has 1 aromatic rings. The molecule has 0 amide bonds. The molecule has 0 aliphatic heterocycles. The highest BCUT2D eigenvalue weighted by Crippen LogP contribution is 2.22. The highest BCUT2D eigenvalue weighted by Gasteiger charge is 2.08. The molecule has 0 aliphatic rings. The average molecular weight is 184 g/mol. The zero-order valence-corrected chi connectivity index (χ0v) is 8.47. The fourth-order valence-electron chi connectivity index (χ4n) is 1.12. The van der Waals surface area contributed by atoms with E-state index in [9.17, 15) is 0 Å². The Balaban J connectivity index is 2.88. The first-order valence-electron chi connectivity index (χ1n) is 3.98. The van der Waals surface area contributed by atoms with E-state index in [0.29, 0.717) is 0 Å². The van der Waals surface area contributed by atoms with Gasteiger partial charge in [0.05, 0.1) is 0 Å². The summed E-state index contributed by atoms with van der Waals surface area (Å²) in [6, 6.07) is 8.26. The first-order chi connectivity index (χ1) is 5.61. The summed E-state index contributed by atoms with van der Waals surface area (Å²) in [5, 5.41) is 0. The predicted molar refractivity (Wildman–Crippen MR) is 53.5 cm³/mol. The maximum Gasteiger partial charge on any atom is 0.110 e. The molecule has 0 heterocycles. The third-order valence-corrected chi connectivity index (χ3v) is 2.41. The zero-order valence-electron chi connectivity index (χ0n) is 7.71.